The lowest BCUT2D eigenvalue weighted by Crippen LogP contribution is -2.33. The number of amides is 1. The molecule has 0 saturated carbocycles. The summed E-state index contributed by atoms with van der Waals surface area (Å²) in [5.74, 6) is 1.28. The Hall–Kier alpha value is -3.06. The van der Waals surface area contributed by atoms with Crippen molar-refractivity contribution >= 4 is 24.3 Å². The first-order valence-corrected chi connectivity index (χ1v) is 10.6. The SMILES string of the molecule is CC[C@@H](C)COc1ccc([C@H](Cc2nnc(N)o2)NC(=O)[C@@H](C)c2ccccc2)cc1.Cl. The van der Waals surface area contributed by atoms with Gasteiger partial charge in [0.05, 0.1) is 25.0 Å². The van der Waals surface area contributed by atoms with E-state index in [1.807, 2.05) is 61.5 Å². The van der Waals surface area contributed by atoms with Crippen LogP contribution in [0.3, 0.4) is 0 Å². The Balaban J connectivity index is 0.00000363. The minimum Gasteiger partial charge on any atom is -0.493 e. The largest absolute Gasteiger partial charge is 0.493 e. The zero-order chi connectivity index (χ0) is 22.2. The highest BCUT2D eigenvalue weighted by Crippen LogP contribution is 2.24. The first kappa shape index (κ1) is 25.2. The normalized spacial score (nSPS) is 13.5. The number of nitrogens with zero attached hydrogens (tertiary/aromatic N) is 2. The first-order valence-electron chi connectivity index (χ1n) is 10.6. The Kier molecular flexibility index (Phi) is 9.53. The van der Waals surface area contributed by atoms with Crippen LogP contribution in [0.1, 0.15) is 56.2 Å². The zero-order valence-electron chi connectivity index (χ0n) is 18.7. The lowest BCUT2D eigenvalue weighted by atomic mass is 9.98. The van der Waals surface area contributed by atoms with Gasteiger partial charge in [0.1, 0.15) is 5.75 Å². The van der Waals surface area contributed by atoms with Crippen molar-refractivity contribution in [2.45, 2.75) is 45.6 Å². The summed E-state index contributed by atoms with van der Waals surface area (Å²) in [4.78, 5) is 13.0. The Morgan fingerprint density at radius 3 is 2.34 bits per heavy atom. The maximum atomic E-state index is 13.0. The molecule has 3 rings (SSSR count). The number of benzene rings is 2. The molecule has 2 aromatic carbocycles. The van der Waals surface area contributed by atoms with Gasteiger partial charge in [0.25, 0.3) is 0 Å². The third-order valence-corrected chi connectivity index (χ3v) is 5.38. The summed E-state index contributed by atoms with van der Waals surface area (Å²) in [6, 6.07) is 17.1. The van der Waals surface area contributed by atoms with Crippen LogP contribution in [0.25, 0.3) is 0 Å². The van der Waals surface area contributed by atoms with Crippen molar-refractivity contribution in [3.8, 4) is 5.75 Å². The molecule has 172 valence electrons. The number of nitrogens with two attached hydrogens (primary N) is 1. The molecule has 0 aliphatic carbocycles. The van der Waals surface area contributed by atoms with Gasteiger partial charge in [0.2, 0.25) is 11.8 Å². The fourth-order valence-electron chi connectivity index (χ4n) is 3.12. The number of hydrogen-bond acceptors (Lipinski definition) is 6. The molecule has 3 atom stereocenters. The molecule has 0 fully saturated rings. The second-order valence-corrected chi connectivity index (χ2v) is 7.83. The van der Waals surface area contributed by atoms with Gasteiger partial charge in [-0.1, -0.05) is 67.8 Å². The molecule has 8 heteroatoms. The summed E-state index contributed by atoms with van der Waals surface area (Å²) in [5.41, 5.74) is 7.43. The van der Waals surface area contributed by atoms with E-state index >= 15 is 0 Å². The van der Waals surface area contributed by atoms with Gasteiger partial charge in [0, 0.05) is 0 Å². The highest BCUT2D eigenvalue weighted by atomic mass is 35.5. The Morgan fingerprint density at radius 1 is 1.06 bits per heavy atom. The second kappa shape index (κ2) is 12.1. The molecular formula is C24H31ClN4O3. The van der Waals surface area contributed by atoms with Crippen molar-refractivity contribution in [2.75, 3.05) is 12.3 Å². The van der Waals surface area contributed by atoms with Crippen molar-refractivity contribution in [3.05, 3.63) is 71.6 Å². The zero-order valence-corrected chi connectivity index (χ0v) is 19.5. The van der Waals surface area contributed by atoms with Gasteiger partial charge >= 0.3 is 6.01 Å². The van der Waals surface area contributed by atoms with E-state index in [0.29, 0.717) is 24.8 Å². The number of aromatic nitrogens is 2. The lowest BCUT2D eigenvalue weighted by molar-refractivity contribution is -0.123. The van der Waals surface area contributed by atoms with Crippen LogP contribution in [-0.2, 0) is 11.2 Å². The molecule has 7 nitrogen and oxygen atoms in total. The molecule has 1 aromatic heterocycles. The van der Waals surface area contributed by atoms with Gasteiger partial charge in [-0.3, -0.25) is 4.79 Å². The van der Waals surface area contributed by atoms with Crippen molar-refractivity contribution in [1.29, 1.82) is 0 Å². The van der Waals surface area contributed by atoms with Gasteiger partial charge in [-0.25, -0.2) is 0 Å². The molecule has 3 N–H and O–H groups in total. The summed E-state index contributed by atoms with van der Waals surface area (Å²) in [5, 5.41) is 10.8. The molecule has 3 aromatic rings. The number of nitrogen functional groups attached to an aromatic ring is 1. The molecule has 0 bridgehead atoms. The van der Waals surface area contributed by atoms with Gasteiger partial charge in [-0.2, -0.15) is 0 Å². The monoisotopic (exact) mass is 458 g/mol. The van der Waals surface area contributed by atoms with Crippen LogP contribution in [0.4, 0.5) is 6.01 Å². The average Bonchev–Trinajstić information content (AvgIpc) is 3.21. The molecular weight excluding hydrogens is 428 g/mol. The topological polar surface area (TPSA) is 103 Å². The smallest absolute Gasteiger partial charge is 0.312 e. The van der Waals surface area contributed by atoms with E-state index in [4.69, 9.17) is 14.9 Å². The molecule has 0 unspecified atom stereocenters. The van der Waals surface area contributed by atoms with Crippen LogP contribution in [-0.4, -0.2) is 22.7 Å². The van der Waals surface area contributed by atoms with E-state index in [9.17, 15) is 4.79 Å². The first-order chi connectivity index (χ1) is 15.0. The number of nitrogens with one attached hydrogen (secondary N) is 1. The fraction of sp³-hybridized carbons (Fsp3) is 0.375. The highest BCUT2D eigenvalue weighted by Gasteiger charge is 2.22. The minimum atomic E-state index is -0.345. The van der Waals surface area contributed by atoms with E-state index in [2.05, 4.69) is 29.4 Å². The third kappa shape index (κ3) is 6.99. The third-order valence-electron chi connectivity index (χ3n) is 5.38. The van der Waals surface area contributed by atoms with Crippen LogP contribution in [0.2, 0.25) is 0 Å². The molecule has 0 radical (unpaired) electrons. The maximum absolute atomic E-state index is 13.0. The second-order valence-electron chi connectivity index (χ2n) is 7.83. The Bertz CT molecular complexity index is 963. The number of carbonyl (C=O) groups is 1. The number of ether oxygens (including phenoxy) is 1. The van der Waals surface area contributed by atoms with E-state index in [0.717, 1.165) is 23.3 Å². The predicted molar refractivity (Wildman–Crippen MR) is 127 cm³/mol. The standard InChI is InChI=1S/C24H30N4O3.ClH/c1-4-16(2)15-30-20-12-10-19(11-13-20)21(14-22-27-28-24(25)31-22)26-23(29)17(3)18-8-6-5-7-9-18;/h5-13,16-17,21H,4,14-15H2,1-3H3,(H2,25,28)(H,26,29);1H/t16-,17+,21+;/m1./s1. The Morgan fingerprint density at radius 2 is 1.75 bits per heavy atom. The summed E-state index contributed by atoms with van der Waals surface area (Å²) in [7, 11) is 0. The molecule has 0 spiro atoms. The number of rotatable bonds is 10. The van der Waals surface area contributed by atoms with Gasteiger partial charge in [-0.15, -0.1) is 17.5 Å². The summed E-state index contributed by atoms with van der Waals surface area (Å²) >= 11 is 0. The highest BCUT2D eigenvalue weighted by molar-refractivity contribution is 5.85. The molecule has 0 aliphatic heterocycles. The Labute approximate surface area is 195 Å². The summed E-state index contributed by atoms with van der Waals surface area (Å²) in [6.07, 6.45) is 1.41. The van der Waals surface area contributed by atoms with Gasteiger partial charge < -0.3 is 20.2 Å². The maximum Gasteiger partial charge on any atom is 0.312 e. The molecule has 1 heterocycles. The number of halogens is 1. The number of hydrogen-bond donors (Lipinski definition) is 2. The predicted octanol–water partition coefficient (Wildman–Crippen LogP) is 4.70. The molecule has 0 saturated heterocycles. The van der Waals surface area contributed by atoms with E-state index in [-0.39, 0.29) is 36.3 Å². The fourth-order valence-corrected chi connectivity index (χ4v) is 3.12. The summed E-state index contributed by atoms with van der Waals surface area (Å²) in [6.45, 7) is 6.86. The molecule has 1 amide bonds. The molecule has 0 aliphatic rings. The minimum absolute atomic E-state index is 0. The van der Waals surface area contributed by atoms with Crippen molar-refractivity contribution < 1.29 is 13.9 Å². The van der Waals surface area contributed by atoms with Gasteiger partial charge in [0.15, 0.2) is 0 Å². The van der Waals surface area contributed by atoms with Gasteiger partial charge in [-0.05, 0) is 36.1 Å². The van der Waals surface area contributed by atoms with Crippen LogP contribution in [0, 0.1) is 5.92 Å². The van der Waals surface area contributed by atoms with E-state index < -0.39 is 0 Å². The van der Waals surface area contributed by atoms with E-state index in [1.54, 1.807) is 0 Å². The van der Waals surface area contributed by atoms with E-state index in [1.165, 1.54) is 0 Å². The van der Waals surface area contributed by atoms with Crippen molar-refractivity contribution in [1.82, 2.24) is 15.5 Å². The van der Waals surface area contributed by atoms with Crippen LogP contribution in [0.15, 0.2) is 59.0 Å². The molecule has 32 heavy (non-hydrogen) atoms. The van der Waals surface area contributed by atoms with Crippen LogP contribution >= 0.6 is 12.4 Å². The lowest BCUT2D eigenvalue weighted by Gasteiger charge is -2.21. The number of anilines is 1. The number of carbonyl (C=O) groups excluding carboxylic acids is 1. The quantitative estimate of drug-likeness (QED) is 0.456. The van der Waals surface area contributed by atoms with Crippen LogP contribution in [0.5, 0.6) is 5.75 Å². The van der Waals surface area contributed by atoms with Crippen LogP contribution < -0.4 is 15.8 Å². The van der Waals surface area contributed by atoms with Crippen molar-refractivity contribution in [2.24, 2.45) is 5.92 Å². The average molecular weight is 459 g/mol. The van der Waals surface area contributed by atoms with Crippen molar-refractivity contribution in [3.63, 3.8) is 0 Å². The summed E-state index contributed by atoms with van der Waals surface area (Å²) < 4.78 is 11.2.